The smallest absolute Gasteiger partial charge is 0.241 e. The molecule has 6 aromatic rings. The van der Waals surface area contributed by atoms with E-state index < -0.39 is 28.3 Å². The molecule has 316 valence electrons. The van der Waals surface area contributed by atoms with Gasteiger partial charge in [0.25, 0.3) is 0 Å². The van der Waals surface area contributed by atoms with Crippen LogP contribution in [0.5, 0.6) is 0 Å². The molecule has 3 N–H and O–H groups in total. The van der Waals surface area contributed by atoms with Gasteiger partial charge in [-0.2, -0.15) is 4.72 Å². The summed E-state index contributed by atoms with van der Waals surface area (Å²) in [7, 11) is -1.85. The van der Waals surface area contributed by atoms with Crippen LogP contribution in [-0.4, -0.2) is 61.6 Å². The number of aliphatic hydroxyl groups excluding tert-OH is 1. The zero-order valence-electron chi connectivity index (χ0n) is 34.9. The average Bonchev–Trinajstić information content (AvgIpc) is 3.29. The standard InChI is InChI=1S/C50H54N4O6S/c1-35-15-25-45(26-16-35)61(57,58)53-46(31-37-10-5-4-6-11-37)49(56)52-32-39-12-9-13-43(30-39)40-21-23-42(24-22-40)50-59-47(33-54(3)29-27-44-14-7-8-28-51-44)36(2)48(60-50)41-19-17-38(34-55)18-20-41/h4-26,28,30,36,46-48,50,53,55H,27,29,31-34H2,1-3H3,(H,52,56)/t36-,46-,47+,48+,50+/m1/s1. The summed E-state index contributed by atoms with van der Waals surface area (Å²) in [6.45, 7) is 5.80. The number of ether oxygens (including phenoxy) is 2. The van der Waals surface area contributed by atoms with Gasteiger partial charge in [0.05, 0.1) is 23.7 Å². The number of carbonyl (C=O) groups is 1. The number of pyridine rings is 1. The third-order valence-corrected chi connectivity index (χ3v) is 12.7. The maximum absolute atomic E-state index is 13.7. The number of nitrogens with one attached hydrogen (secondary N) is 2. The van der Waals surface area contributed by atoms with Gasteiger partial charge in [-0.05, 0) is 84.1 Å². The summed E-state index contributed by atoms with van der Waals surface area (Å²) >= 11 is 0. The summed E-state index contributed by atoms with van der Waals surface area (Å²) in [5.74, 6) is -0.366. The zero-order chi connectivity index (χ0) is 42.8. The average molecular weight is 839 g/mol. The van der Waals surface area contributed by atoms with Gasteiger partial charge in [-0.3, -0.25) is 9.78 Å². The third-order valence-electron chi connectivity index (χ3n) is 11.2. The summed E-state index contributed by atoms with van der Waals surface area (Å²) in [5, 5.41) is 12.6. The van der Waals surface area contributed by atoms with Crippen LogP contribution in [0.3, 0.4) is 0 Å². The van der Waals surface area contributed by atoms with Crippen LogP contribution in [0.15, 0.2) is 157 Å². The SMILES string of the molecule is Cc1ccc(S(=O)(=O)N[C@H](Cc2ccccc2)C(=O)NCc2cccc(-c3ccc([C@H]4O[C@@H](CN(C)CCc5ccccn5)[C@@H](C)[C@@H](c5ccc(CO)cc5)O4)cc3)c2)cc1. The molecule has 1 aliphatic heterocycles. The Morgan fingerprint density at radius 2 is 1.49 bits per heavy atom. The van der Waals surface area contributed by atoms with E-state index in [9.17, 15) is 18.3 Å². The predicted octanol–water partition coefficient (Wildman–Crippen LogP) is 7.72. The Morgan fingerprint density at radius 3 is 2.20 bits per heavy atom. The minimum Gasteiger partial charge on any atom is -0.392 e. The highest BCUT2D eigenvalue weighted by Crippen LogP contribution is 2.42. The number of carbonyl (C=O) groups excluding carboxylic acids is 1. The molecule has 1 fully saturated rings. The second kappa shape index (κ2) is 20.4. The molecule has 0 aliphatic carbocycles. The van der Waals surface area contributed by atoms with E-state index in [1.807, 2.05) is 134 Å². The molecule has 5 aromatic carbocycles. The molecular formula is C50H54N4O6S. The van der Waals surface area contributed by atoms with Crippen LogP contribution in [0.4, 0.5) is 0 Å². The van der Waals surface area contributed by atoms with Crippen LogP contribution in [0, 0.1) is 12.8 Å². The molecule has 11 heteroatoms. The minimum atomic E-state index is -3.96. The van der Waals surface area contributed by atoms with Crippen LogP contribution in [0.2, 0.25) is 0 Å². The van der Waals surface area contributed by atoms with Gasteiger partial charge < -0.3 is 24.8 Å². The van der Waals surface area contributed by atoms with E-state index in [0.29, 0.717) is 6.54 Å². The first-order chi connectivity index (χ1) is 29.5. The van der Waals surface area contributed by atoms with Gasteiger partial charge >= 0.3 is 0 Å². The van der Waals surface area contributed by atoms with Crippen molar-refractivity contribution in [1.82, 2.24) is 19.9 Å². The van der Waals surface area contributed by atoms with Crippen LogP contribution in [0.25, 0.3) is 11.1 Å². The van der Waals surface area contributed by atoms with Gasteiger partial charge in [-0.15, -0.1) is 0 Å². The number of hydrogen-bond donors (Lipinski definition) is 3. The molecule has 0 radical (unpaired) electrons. The van der Waals surface area contributed by atoms with Crippen LogP contribution >= 0.6 is 0 Å². The maximum Gasteiger partial charge on any atom is 0.241 e. The van der Waals surface area contributed by atoms with Crippen molar-refractivity contribution < 1.29 is 27.8 Å². The molecule has 0 bridgehead atoms. The molecular weight excluding hydrogens is 785 g/mol. The van der Waals surface area contributed by atoms with Crippen molar-refractivity contribution in [2.75, 3.05) is 20.1 Å². The highest BCUT2D eigenvalue weighted by atomic mass is 32.2. The van der Waals surface area contributed by atoms with E-state index >= 15 is 0 Å². The first-order valence-electron chi connectivity index (χ1n) is 20.7. The largest absolute Gasteiger partial charge is 0.392 e. The molecule has 0 unspecified atom stereocenters. The van der Waals surface area contributed by atoms with Crippen LogP contribution in [-0.2, 0) is 50.3 Å². The van der Waals surface area contributed by atoms with Crippen LogP contribution < -0.4 is 10.0 Å². The molecule has 1 aromatic heterocycles. The fourth-order valence-electron chi connectivity index (χ4n) is 7.59. The van der Waals surface area contributed by atoms with Crippen molar-refractivity contribution in [3.63, 3.8) is 0 Å². The van der Waals surface area contributed by atoms with Crippen molar-refractivity contribution in [2.45, 2.75) is 69.3 Å². The lowest BCUT2D eigenvalue weighted by Gasteiger charge is -2.42. The van der Waals surface area contributed by atoms with E-state index in [-0.39, 0.29) is 42.6 Å². The maximum atomic E-state index is 13.7. The van der Waals surface area contributed by atoms with Gasteiger partial charge in [0.15, 0.2) is 6.29 Å². The lowest BCUT2D eigenvalue weighted by Crippen LogP contribution is -2.47. The molecule has 1 amide bonds. The number of likely N-dealkylation sites (N-methyl/N-ethyl adjacent to an activating group) is 1. The van der Waals surface area contributed by atoms with Gasteiger partial charge in [0, 0.05) is 49.4 Å². The number of aliphatic hydroxyl groups is 1. The van der Waals surface area contributed by atoms with Gasteiger partial charge in [-0.1, -0.05) is 128 Å². The van der Waals surface area contributed by atoms with Crippen molar-refractivity contribution in [3.8, 4) is 11.1 Å². The van der Waals surface area contributed by atoms with Crippen LogP contribution in [0.1, 0.15) is 58.4 Å². The normalized spacial score (nSPS) is 18.4. The van der Waals surface area contributed by atoms with Crippen molar-refractivity contribution >= 4 is 15.9 Å². The number of sulfonamides is 1. The van der Waals surface area contributed by atoms with Crippen molar-refractivity contribution in [2.24, 2.45) is 5.92 Å². The molecule has 1 saturated heterocycles. The highest BCUT2D eigenvalue weighted by Gasteiger charge is 2.39. The minimum absolute atomic E-state index is 0.0191. The van der Waals surface area contributed by atoms with Crippen molar-refractivity contribution in [3.05, 3.63) is 191 Å². The molecule has 0 saturated carbocycles. The summed E-state index contributed by atoms with van der Waals surface area (Å²) in [6, 6.07) is 44.9. The molecule has 0 spiro atoms. The molecule has 2 heterocycles. The number of rotatable bonds is 17. The second-order valence-electron chi connectivity index (χ2n) is 15.9. The van der Waals surface area contributed by atoms with E-state index in [1.165, 1.54) is 0 Å². The number of aromatic nitrogens is 1. The lowest BCUT2D eigenvalue weighted by atomic mass is 9.90. The summed E-state index contributed by atoms with van der Waals surface area (Å²) < 4.78 is 42.9. The molecule has 61 heavy (non-hydrogen) atoms. The Hall–Kier alpha value is -5.53. The first kappa shape index (κ1) is 43.6. The van der Waals surface area contributed by atoms with E-state index in [0.717, 1.165) is 63.2 Å². The molecule has 7 rings (SSSR count). The Bertz CT molecular complexity index is 2430. The number of hydrogen-bond acceptors (Lipinski definition) is 8. The predicted molar refractivity (Wildman–Crippen MR) is 238 cm³/mol. The fraction of sp³-hybridized carbons (Fsp3) is 0.280. The monoisotopic (exact) mass is 838 g/mol. The van der Waals surface area contributed by atoms with Crippen molar-refractivity contribution in [1.29, 1.82) is 0 Å². The topological polar surface area (TPSA) is 130 Å². The first-order valence-corrected chi connectivity index (χ1v) is 22.2. The summed E-state index contributed by atoms with van der Waals surface area (Å²) in [4.78, 5) is 20.6. The summed E-state index contributed by atoms with van der Waals surface area (Å²) in [6.07, 6.45) is 1.91. The Morgan fingerprint density at radius 1 is 0.787 bits per heavy atom. The molecule has 10 nitrogen and oxygen atoms in total. The van der Waals surface area contributed by atoms with E-state index in [1.54, 1.807) is 24.3 Å². The highest BCUT2D eigenvalue weighted by molar-refractivity contribution is 7.89. The Balaban J connectivity index is 1.04. The van der Waals surface area contributed by atoms with E-state index in [4.69, 9.17) is 9.47 Å². The van der Waals surface area contributed by atoms with Gasteiger partial charge in [0.1, 0.15) is 6.04 Å². The lowest BCUT2D eigenvalue weighted by molar-refractivity contribution is -0.275. The number of nitrogens with zero attached hydrogens (tertiary/aromatic N) is 2. The Kier molecular flexibility index (Phi) is 14.5. The Labute approximate surface area is 359 Å². The second-order valence-corrected chi connectivity index (χ2v) is 17.6. The number of aryl methyl sites for hydroxylation is 1. The third kappa shape index (κ3) is 11.6. The number of amides is 1. The van der Waals surface area contributed by atoms with E-state index in [2.05, 4.69) is 33.9 Å². The zero-order valence-corrected chi connectivity index (χ0v) is 35.7. The molecule has 5 atom stereocenters. The number of benzene rings is 5. The van der Waals surface area contributed by atoms with Gasteiger partial charge in [-0.25, -0.2) is 8.42 Å². The summed E-state index contributed by atoms with van der Waals surface area (Å²) in [5.41, 5.74) is 8.43. The quantitative estimate of drug-likeness (QED) is 0.0852. The fourth-order valence-corrected chi connectivity index (χ4v) is 8.79. The van der Waals surface area contributed by atoms with Gasteiger partial charge in [0.2, 0.25) is 15.9 Å². The molecule has 1 aliphatic rings.